The molecule has 1 atom stereocenters. The zero-order valence-electron chi connectivity index (χ0n) is 8.22. The minimum atomic E-state index is 0.376. The minimum absolute atomic E-state index is 0.376. The Balaban J connectivity index is 2.02. The number of allylic oxidation sites excluding steroid dienone is 2. The highest BCUT2D eigenvalue weighted by Crippen LogP contribution is 2.33. The lowest BCUT2D eigenvalue weighted by Gasteiger charge is -2.11. The molecule has 1 heteroatoms. The predicted octanol–water partition coefficient (Wildman–Crippen LogP) is 3.25. The lowest BCUT2D eigenvalue weighted by atomic mass is 9.93. The van der Waals surface area contributed by atoms with Crippen molar-refractivity contribution in [1.29, 1.82) is 0 Å². The van der Waals surface area contributed by atoms with Crippen LogP contribution in [-0.4, -0.2) is 5.78 Å². The third-order valence-electron chi connectivity index (χ3n) is 3.34. The third kappa shape index (κ3) is 2.20. The minimum Gasteiger partial charge on any atom is -0.295 e. The lowest BCUT2D eigenvalue weighted by Crippen LogP contribution is -2.00. The molecule has 1 nitrogen and oxygen atoms in total. The Labute approximate surface area is 80.2 Å². The first-order valence-corrected chi connectivity index (χ1v) is 5.59. The van der Waals surface area contributed by atoms with Gasteiger partial charge in [0.1, 0.15) is 0 Å². The summed E-state index contributed by atoms with van der Waals surface area (Å²) in [6, 6.07) is 0. The maximum absolute atomic E-state index is 11.2. The molecule has 0 aromatic heterocycles. The molecular weight excluding hydrogens is 160 g/mol. The fourth-order valence-electron chi connectivity index (χ4n) is 2.57. The molecule has 1 fully saturated rings. The van der Waals surface area contributed by atoms with E-state index in [1.165, 1.54) is 50.5 Å². The molecule has 0 aromatic carbocycles. The first kappa shape index (κ1) is 8.98. The Morgan fingerprint density at radius 2 is 1.85 bits per heavy atom. The molecule has 0 bridgehead atoms. The first-order chi connectivity index (χ1) is 6.36. The van der Waals surface area contributed by atoms with Crippen molar-refractivity contribution in [2.24, 2.45) is 5.92 Å². The normalized spacial score (nSPS) is 30.0. The number of fused-ring (bicyclic) bond motifs is 1. The van der Waals surface area contributed by atoms with Crippen molar-refractivity contribution in [3.8, 4) is 0 Å². The molecule has 0 saturated heterocycles. The number of hydrogen-bond acceptors (Lipinski definition) is 1. The van der Waals surface area contributed by atoms with Crippen LogP contribution in [0.25, 0.3) is 0 Å². The Kier molecular flexibility index (Phi) is 2.82. The Hall–Kier alpha value is -0.590. The molecule has 0 amide bonds. The Bertz CT molecular complexity index is 227. The van der Waals surface area contributed by atoms with Gasteiger partial charge in [-0.3, -0.25) is 4.79 Å². The fraction of sp³-hybridized carbons (Fsp3) is 0.750. The molecule has 72 valence electrons. The van der Waals surface area contributed by atoms with Crippen molar-refractivity contribution in [3.63, 3.8) is 0 Å². The average molecular weight is 178 g/mol. The molecule has 0 spiro atoms. The van der Waals surface area contributed by atoms with E-state index in [-0.39, 0.29) is 0 Å². The van der Waals surface area contributed by atoms with Crippen LogP contribution >= 0.6 is 0 Å². The number of carbonyl (C=O) groups excluding carboxylic acids is 1. The van der Waals surface area contributed by atoms with Crippen molar-refractivity contribution in [1.82, 2.24) is 0 Å². The predicted molar refractivity (Wildman–Crippen MR) is 53.5 cm³/mol. The van der Waals surface area contributed by atoms with Crippen LogP contribution in [0.15, 0.2) is 11.6 Å². The fourth-order valence-corrected chi connectivity index (χ4v) is 2.57. The van der Waals surface area contributed by atoms with Crippen molar-refractivity contribution in [2.75, 3.05) is 0 Å². The largest absolute Gasteiger partial charge is 0.295 e. The van der Waals surface area contributed by atoms with E-state index < -0.39 is 0 Å². The van der Waals surface area contributed by atoms with Gasteiger partial charge in [-0.15, -0.1) is 0 Å². The molecule has 0 radical (unpaired) electrons. The number of carbonyl (C=O) groups is 1. The van der Waals surface area contributed by atoms with Gasteiger partial charge in [0.25, 0.3) is 0 Å². The highest BCUT2D eigenvalue weighted by Gasteiger charge is 2.24. The maximum Gasteiger partial charge on any atom is 0.156 e. The summed E-state index contributed by atoms with van der Waals surface area (Å²) >= 11 is 0. The van der Waals surface area contributed by atoms with Gasteiger partial charge < -0.3 is 0 Å². The van der Waals surface area contributed by atoms with E-state index >= 15 is 0 Å². The molecule has 1 unspecified atom stereocenters. The van der Waals surface area contributed by atoms with Gasteiger partial charge >= 0.3 is 0 Å². The zero-order chi connectivity index (χ0) is 9.10. The molecular formula is C12H18O. The topological polar surface area (TPSA) is 17.1 Å². The third-order valence-corrected chi connectivity index (χ3v) is 3.34. The lowest BCUT2D eigenvalue weighted by molar-refractivity contribution is -0.114. The van der Waals surface area contributed by atoms with E-state index in [1.54, 1.807) is 0 Å². The summed E-state index contributed by atoms with van der Waals surface area (Å²) in [5.41, 5.74) is 1.46. The van der Waals surface area contributed by atoms with E-state index in [0.717, 1.165) is 6.42 Å². The van der Waals surface area contributed by atoms with Crippen LogP contribution in [-0.2, 0) is 4.79 Å². The number of rotatable bonds is 0. The van der Waals surface area contributed by atoms with E-state index in [0.29, 0.717) is 11.7 Å². The molecule has 2 aliphatic carbocycles. The van der Waals surface area contributed by atoms with E-state index in [2.05, 4.69) is 0 Å². The summed E-state index contributed by atoms with van der Waals surface area (Å²) in [6.45, 7) is 0. The van der Waals surface area contributed by atoms with Gasteiger partial charge in [0.05, 0.1) is 0 Å². The monoisotopic (exact) mass is 178 g/mol. The summed E-state index contributed by atoms with van der Waals surface area (Å²) in [4.78, 5) is 11.2. The summed E-state index contributed by atoms with van der Waals surface area (Å²) < 4.78 is 0. The van der Waals surface area contributed by atoms with Gasteiger partial charge in [-0.1, -0.05) is 31.3 Å². The molecule has 0 aliphatic heterocycles. The van der Waals surface area contributed by atoms with E-state index in [4.69, 9.17) is 0 Å². The number of hydrogen-bond donors (Lipinski definition) is 0. The van der Waals surface area contributed by atoms with Gasteiger partial charge in [-0.05, 0) is 31.3 Å². The molecule has 2 rings (SSSR count). The second kappa shape index (κ2) is 4.08. The van der Waals surface area contributed by atoms with Crippen LogP contribution in [0.4, 0.5) is 0 Å². The Morgan fingerprint density at radius 1 is 1.08 bits per heavy atom. The van der Waals surface area contributed by atoms with Gasteiger partial charge in [0, 0.05) is 6.42 Å². The van der Waals surface area contributed by atoms with Crippen molar-refractivity contribution >= 4 is 5.78 Å². The quantitative estimate of drug-likeness (QED) is 0.556. The summed E-state index contributed by atoms with van der Waals surface area (Å²) in [5.74, 6) is 1.01. The summed E-state index contributed by atoms with van der Waals surface area (Å²) in [7, 11) is 0. The van der Waals surface area contributed by atoms with Crippen LogP contribution < -0.4 is 0 Å². The molecule has 2 aliphatic rings. The van der Waals surface area contributed by atoms with Crippen molar-refractivity contribution in [3.05, 3.63) is 11.6 Å². The van der Waals surface area contributed by atoms with Crippen LogP contribution in [0.3, 0.4) is 0 Å². The highest BCUT2D eigenvalue weighted by atomic mass is 16.1. The zero-order valence-corrected chi connectivity index (χ0v) is 8.22. The van der Waals surface area contributed by atoms with Crippen molar-refractivity contribution < 1.29 is 4.79 Å². The molecule has 0 N–H and O–H groups in total. The first-order valence-electron chi connectivity index (χ1n) is 5.59. The second-order valence-electron chi connectivity index (χ2n) is 4.39. The van der Waals surface area contributed by atoms with E-state index in [9.17, 15) is 4.79 Å². The molecule has 1 saturated carbocycles. The smallest absolute Gasteiger partial charge is 0.156 e. The molecule has 0 aromatic rings. The molecule has 0 heterocycles. The summed E-state index contributed by atoms with van der Waals surface area (Å²) in [5, 5.41) is 0. The van der Waals surface area contributed by atoms with Gasteiger partial charge in [0.15, 0.2) is 5.78 Å². The maximum atomic E-state index is 11.2. The van der Waals surface area contributed by atoms with Gasteiger partial charge in [0.2, 0.25) is 0 Å². The van der Waals surface area contributed by atoms with Crippen molar-refractivity contribution in [2.45, 2.75) is 51.4 Å². The Morgan fingerprint density at radius 3 is 2.77 bits per heavy atom. The summed E-state index contributed by atoms with van der Waals surface area (Å²) in [6.07, 6.45) is 12.0. The standard InChI is InChI=1S/C12H18O/c13-12-8-10-6-4-2-1-3-5-7-11(10)9-12/h8,11H,1-7,9H2. The van der Waals surface area contributed by atoms with Gasteiger partial charge in [-0.25, -0.2) is 0 Å². The SMILES string of the molecule is O=C1C=C2CCCCCCCC2C1. The van der Waals surface area contributed by atoms with Gasteiger partial charge in [-0.2, -0.15) is 0 Å². The number of ketones is 1. The second-order valence-corrected chi connectivity index (χ2v) is 4.39. The van der Waals surface area contributed by atoms with Crippen LogP contribution in [0, 0.1) is 5.92 Å². The van der Waals surface area contributed by atoms with E-state index in [1.807, 2.05) is 6.08 Å². The van der Waals surface area contributed by atoms with Crippen LogP contribution in [0.5, 0.6) is 0 Å². The highest BCUT2D eigenvalue weighted by molar-refractivity contribution is 5.93. The average Bonchev–Trinajstić information content (AvgIpc) is 2.46. The van der Waals surface area contributed by atoms with Crippen LogP contribution in [0.2, 0.25) is 0 Å². The van der Waals surface area contributed by atoms with Crippen LogP contribution in [0.1, 0.15) is 51.4 Å². The molecule has 13 heavy (non-hydrogen) atoms.